The van der Waals surface area contributed by atoms with Crippen LogP contribution in [-0.2, 0) is 20.4 Å². The summed E-state index contributed by atoms with van der Waals surface area (Å²) >= 11 is 0. The van der Waals surface area contributed by atoms with Gasteiger partial charge in [0, 0.05) is 12.7 Å². The summed E-state index contributed by atoms with van der Waals surface area (Å²) in [5.41, 5.74) is 1.83. The van der Waals surface area contributed by atoms with E-state index < -0.39 is 10.8 Å². The van der Waals surface area contributed by atoms with E-state index in [0.717, 1.165) is 16.8 Å². The highest BCUT2D eigenvalue weighted by Crippen LogP contribution is 2.43. The predicted octanol–water partition coefficient (Wildman–Crippen LogP) is 1.73. The average Bonchev–Trinajstić information content (AvgIpc) is 2.51. The van der Waals surface area contributed by atoms with Crippen LogP contribution in [0.3, 0.4) is 0 Å². The minimum absolute atomic E-state index is 0.0931. The molecule has 1 amide bonds. The van der Waals surface area contributed by atoms with Crippen molar-refractivity contribution in [2.45, 2.75) is 24.7 Å². The summed E-state index contributed by atoms with van der Waals surface area (Å²) in [4.78, 5) is 13.9. The van der Waals surface area contributed by atoms with E-state index in [4.69, 9.17) is 4.74 Å². The number of nitrogens with zero attached hydrogens (tertiary/aromatic N) is 2. The maximum absolute atomic E-state index is 12.2. The maximum Gasteiger partial charge on any atom is 0.236 e. The Morgan fingerprint density at radius 3 is 2.58 bits per heavy atom. The smallest absolute Gasteiger partial charge is 0.236 e. The summed E-state index contributed by atoms with van der Waals surface area (Å²) in [5, 5.41) is 9.37. The van der Waals surface area contributed by atoms with Crippen LogP contribution in [-0.4, -0.2) is 26.2 Å². The second kappa shape index (κ2) is 3.58. The van der Waals surface area contributed by atoms with Gasteiger partial charge >= 0.3 is 0 Å². The van der Waals surface area contributed by atoms with Crippen molar-refractivity contribution in [3.8, 4) is 6.07 Å². The summed E-state index contributed by atoms with van der Waals surface area (Å²) in [7, 11) is 1.79. The fourth-order valence-electron chi connectivity index (χ4n) is 2.87. The Labute approximate surface area is 112 Å². The zero-order valence-corrected chi connectivity index (χ0v) is 11.4. The first-order valence-corrected chi connectivity index (χ1v) is 6.34. The van der Waals surface area contributed by atoms with Crippen molar-refractivity contribution in [3.63, 3.8) is 0 Å². The fraction of sp³-hybridized carbons (Fsp3) is 0.467. The number of benzene rings is 1. The lowest BCUT2D eigenvalue weighted by Crippen LogP contribution is -2.45. The largest absolute Gasteiger partial charge is 0.377 e. The number of ether oxygens (including phenoxy) is 1. The van der Waals surface area contributed by atoms with E-state index in [1.165, 1.54) is 0 Å². The third-order valence-electron chi connectivity index (χ3n) is 4.33. The summed E-state index contributed by atoms with van der Waals surface area (Å²) in [6, 6.07) is 8.23. The van der Waals surface area contributed by atoms with E-state index >= 15 is 0 Å². The Bertz CT molecular complexity index is 609. The average molecular weight is 256 g/mol. The van der Waals surface area contributed by atoms with Crippen LogP contribution in [0.25, 0.3) is 0 Å². The Morgan fingerprint density at radius 1 is 1.37 bits per heavy atom. The minimum atomic E-state index is -0.532. The Balaban J connectivity index is 2.14. The molecule has 4 heteroatoms. The molecule has 2 aliphatic heterocycles. The van der Waals surface area contributed by atoms with E-state index in [1.807, 2.05) is 32.0 Å². The van der Waals surface area contributed by atoms with Crippen LogP contribution in [0.2, 0.25) is 0 Å². The van der Waals surface area contributed by atoms with E-state index in [-0.39, 0.29) is 5.91 Å². The number of fused-ring (bicyclic) bond motifs is 1. The van der Waals surface area contributed by atoms with Gasteiger partial charge in [0.25, 0.3) is 0 Å². The molecule has 98 valence electrons. The van der Waals surface area contributed by atoms with Gasteiger partial charge in [-0.1, -0.05) is 12.1 Å². The first-order chi connectivity index (χ1) is 8.92. The molecule has 0 bridgehead atoms. The van der Waals surface area contributed by atoms with Crippen LogP contribution in [0.1, 0.15) is 25.0 Å². The first kappa shape index (κ1) is 12.2. The van der Waals surface area contributed by atoms with Gasteiger partial charge in [0.15, 0.2) is 0 Å². The topological polar surface area (TPSA) is 53.3 Å². The molecule has 1 aromatic carbocycles. The van der Waals surface area contributed by atoms with Crippen LogP contribution >= 0.6 is 0 Å². The molecule has 0 radical (unpaired) electrons. The summed E-state index contributed by atoms with van der Waals surface area (Å²) in [5.74, 6) is 0.0931. The summed E-state index contributed by atoms with van der Waals surface area (Å²) < 4.78 is 5.20. The van der Waals surface area contributed by atoms with Crippen LogP contribution in [0.5, 0.6) is 0 Å². The van der Waals surface area contributed by atoms with Gasteiger partial charge in [-0.3, -0.25) is 4.79 Å². The molecule has 4 nitrogen and oxygen atoms in total. The van der Waals surface area contributed by atoms with E-state index in [2.05, 4.69) is 6.07 Å². The van der Waals surface area contributed by atoms with Gasteiger partial charge in [-0.15, -0.1) is 0 Å². The molecule has 0 unspecified atom stereocenters. The van der Waals surface area contributed by atoms with E-state index in [1.54, 1.807) is 11.9 Å². The standard InChI is InChI=1S/C15H16N2O2/c1-14(2)11-6-10(15(7-16)8-19-9-15)4-5-12(11)17(3)13(14)18/h4-6H,8-9H2,1-3H3. The molecule has 0 N–H and O–H groups in total. The molecule has 2 aliphatic rings. The van der Waals surface area contributed by atoms with Crippen molar-refractivity contribution in [2.75, 3.05) is 25.2 Å². The highest BCUT2D eigenvalue weighted by molar-refractivity contribution is 6.07. The fourth-order valence-corrected chi connectivity index (χ4v) is 2.87. The van der Waals surface area contributed by atoms with Crippen molar-refractivity contribution in [1.82, 2.24) is 0 Å². The lowest BCUT2D eigenvalue weighted by Gasteiger charge is -2.36. The SMILES string of the molecule is CN1C(=O)C(C)(C)c2cc(C3(C#N)COC3)ccc21. The van der Waals surface area contributed by atoms with Gasteiger partial charge in [0.05, 0.1) is 24.7 Å². The van der Waals surface area contributed by atoms with Gasteiger partial charge in [0.2, 0.25) is 5.91 Å². The molecular formula is C15H16N2O2. The third-order valence-corrected chi connectivity index (χ3v) is 4.33. The number of rotatable bonds is 1. The second-order valence-corrected chi connectivity index (χ2v) is 5.91. The number of anilines is 1. The molecule has 0 aliphatic carbocycles. The van der Waals surface area contributed by atoms with Crippen LogP contribution < -0.4 is 4.90 Å². The molecule has 0 atom stereocenters. The zero-order valence-electron chi connectivity index (χ0n) is 11.4. The number of carbonyl (C=O) groups is 1. The van der Waals surface area contributed by atoms with Crippen LogP contribution in [0.4, 0.5) is 5.69 Å². The molecule has 3 rings (SSSR count). The highest BCUT2D eigenvalue weighted by atomic mass is 16.5. The number of nitriles is 1. The maximum atomic E-state index is 12.2. The normalized spacial score (nSPS) is 22.6. The van der Waals surface area contributed by atoms with E-state index in [9.17, 15) is 10.1 Å². The Hall–Kier alpha value is -1.86. The van der Waals surface area contributed by atoms with Gasteiger partial charge in [0.1, 0.15) is 5.41 Å². The van der Waals surface area contributed by atoms with Gasteiger partial charge in [-0.2, -0.15) is 5.26 Å². The number of hydrogen-bond acceptors (Lipinski definition) is 3. The zero-order chi connectivity index (χ0) is 13.8. The van der Waals surface area contributed by atoms with Crippen LogP contribution in [0.15, 0.2) is 18.2 Å². The number of hydrogen-bond donors (Lipinski definition) is 0. The van der Waals surface area contributed by atoms with Crippen molar-refractivity contribution in [2.24, 2.45) is 0 Å². The van der Waals surface area contributed by atoms with Gasteiger partial charge in [-0.25, -0.2) is 0 Å². The number of carbonyl (C=O) groups excluding carboxylic acids is 1. The number of amides is 1. The quantitative estimate of drug-likeness (QED) is 0.769. The molecule has 1 aromatic rings. The molecule has 1 fully saturated rings. The lowest BCUT2D eigenvalue weighted by atomic mass is 9.77. The molecule has 0 saturated carbocycles. The van der Waals surface area contributed by atoms with Gasteiger partial charge < -0.3 is 9.64 Å². The minimum Gasteiger partial charge on any atom is -0.377 e. The molecule has 0 aromatic heterocycles. The lowest BCUT2D eigenvalue weighted by molar-refractivity contribution is -0.121. The first-order valence-electron chi connectivity index (χ1n) is 6.34. The van der Waals surface area contributed by atoms with Crippen molar-refractivity contribution in [1.29, 1.82) is 5.26 Å². The van der Waals surface area contributed by atoms with Crippen molar-refractivity contribution < 1.29 is 9.53 Å². The molecule has 1 saturated heterocycles. The molecular weight excluding hydrogens is 240 g/mol. The highest BCUT2D eigenvalue weighted by Gasteiger charge is 2.45. The monoisotopic (exact) mass is 256 g/mol. The van der Waals surface area contributed by atoms with Crippen molar-refractivity contribution in [3.05, 3.63) is 29.3 Å². The van der Waals surface area contributed by atoms with Crippen molar-refractivity contribution >= 4 is 11.6 Å². The molecule has 2 heterocycles. The third kappa shape index (κ3) is 1.39. The predicted molar refractivity (Wildman–Crippen MR) is 71.0 cm³/mol. The summed E-state index contributed by atoms with van der Waals surface area (Å²) in [6.45, 7) is 4.73. The Kier molecular flexibility index (Phi) is 2.30. The van der Waals surface area contributed by atoms with Gasteiger partial charge in [-0.05, 0) is 31.0 Å². The molecule has 19 heavy (non-hydrogen) atoms. The van der Waals surface area contributed by atoms with Crippen LogP contribution in [0, 0.1) is 11.3 Å². The Morgan fingerprint density at radius 2 is 2.05 bits per heavy atom. The second-order valence-electron chi connectivity index (χ2n) is 5.91. The molecule has 0 spiro atoms. The number of likely N-dealkylation sites (N-methyl/N-ethyl adjacent to an activating group) is 1. The summed E-state index contributed by atoms with van der Waals surface area (Å²) in [6.07, 6.45) is 0. The van der Waals surface area contributed by atoms with E-state index in [0.29, 0.717) is 13.2 Å².